The summed E-state index contributed by atoms with van der Waals surface area (Å²) >= 11 is 5.99. The van der Waals surface area contributed by atoms with Gasteiger partial charge >= 0.3 is 6.18 Å². The first-order valence-corrected chi connectivity index (χ1v) is 17.5. The van der Waals surface area contributed by atoms with E-state index in [4.69, 9.17) is 24.7 Å². The number of fused-ring (bicyclic) bond motifs is 2. The van der Waals surface area contributed by atoms with Crippen molar-refractivity contribution in [2.45, 2.75) is 56.9 Å². The van der Waals surface area contributed by atoms with E-state index in [-0.39, 0.29) is 36.5 Å². The fourth-order valence-electron chi connectivity index (χ4n) is 6.62. The van der Waals surface area contributed by atoms with Crippen molar-refractivity contribution in [3.05, 3.63) is 140 Å². The lowest BCUT2D eigenvalue weighted by Crippen LogP contribution is -2.47. The van der Waals surface area contributed by atoms with Gasteiger partial charge in [-0.1, -0.05) is 66.2 Å². The minimum absolute atomic E-state index is 0.0300. The van der Waals surface area contributed by atoms with Crippen LogP contribution in [0.4, 0.5) is 44.7 Å². The van der Waals surface area contributed by atoms with E-state index in [0.29, 0.717) is 42.0 Å². The molecule has 4 aromatic carbocycles. The molecule has 0 saturated carbocycles. The Morgan fingerprint density at radius 1 is 0.727 bits per heavy atom. The molecule has 2 N–H and O–H groups in total. The van der Waals surface area contributed by atoms with E-state index in [0.717, 1.165) is 41.9 Å². The third-order valence-corrected chi connectivity index (χ3v) is 9.95. The molecule has 14 heteroatoms. The Balaban J connectivity index is 0.000000211. The lowest BCUT2D eigenvalue weighted by atomic mass is 9.93. The van der Waals surface area contributed by atoms with Crippen molar-refractivity contribution in [3.63, 3.8) is 0 Å². The molecule has 0 fully saturated rings. The monoisotopic (exact) mass is 778 g/mol. The standard InChI is InChI=1S/C21H19F3N2O2.C20H17ClF2N2O2/c1-20(28,13-26-10-9-15-5-3-4-6-18(15)26)19(27)12-14-7-8-17(25-2)16(11-14)21(22,23)24;1-20(27,19(26)8-12-3-4-17(24-2)14(21)7-12)11-25-6-5-13-9-15(22)16(23)10-18(13)25/h3-8,11,28H,9-10,12-13H2,1H3;3-4,7,9-10,27H,5-6,8,11H2,1H3/t2*20-/m00/s1. The Labute approximate surface area is 320 Å². The lowest BCUT2D eigenvalue weighted by Gasteiger charge is -2.29. The molecule has 0 amide bonds. The average Bonchev–Trinajstić information content (AvgIpc) is 3.70. The first-order valence-electron chi connectivity index (χ1n) is 17.1. The van der Waals surface area contributed by atoms with Gasteiger partial charge in [0.15, 0.2) is 28.9 Å². The number of anilines is 2. The van der Waals surface area contributed by atoms with Crippen molar-refractivity contribution in [1.82, 2.24) is 0 Å². The highest BCUT2D eigenvalue weighted by Gasteiger charge is 2.37. The topological polar surface area (TPSA) is 89.8 Å². The summed E-state index contributed by atoms with van der Waals surface area (Å²) in [5, 5.41) is 21.6. The van der Waals surface area contributed by atoms with Crippen LogP contribution in [0.15, 0.2) is 72.8 Å². The van der Waals surface area contributed by atoms with Crippen LogP contribution in [-0.4, -0.2) is 59.2 Å². The third kappa shape index (κ3) is 9.49. The highest BCUT2D eigenvalue weighted by Crippen LogP contribution is 2.38. The van der Waals surface area contributed by atoms with Gasteiger partial charge in [-0.2, -0.15) is 13.2 Å². The summed E-state index contributed by atoms with van der Waals surface area (Å²) in [6, 6.07) is 17.8. The Kier molecular flexibility index (Phi) is 12.0. The summed E-state index contributed by atoms with van der Waals surface area (Å²) in [6.45, 7) is 17.8. The van der Waals surface area contributed by atoms with E-state index in [1.54, 1.807) is 11.0 Å². The highest BCUT2D eigenvalue weighted by atomic mass is 35.5. The van der Waals surface area contributed by atoms with Gasteiger partial charge in [0.1, 0.15) is 11.2 Å². The number of ketones is 2. The largest absolute Gasteiger partial charge is 0.407 e. The smallest absolute Gasteiger partial charge is 0.380 e. The Morgan fingerprint density at radius 3 is 1.80 bits per heavy atom. The molecule has 4 aromatic rings. The number of nitrogens with zero attached hydrogens (tertiary/aromatic N) is 4. The van der Waals surface area contributed by atoms with Gasteiger partial charge in [0.25, 0.3) is 0 Å². The van der Waals surface area contributed by atoms with Crippen molar-refractivity contribution in [2.75, 3.05) is 36.0 Å². The number of halogens is 6. The summed E-state index contributed by atoms with van der Waals surface area (Å²) in [6.07, 6.45) is -3.74. The second kappa shape index (κ2) is 16.2. The molecule has 0 spiro atoms. The van der Waals surface area contributed by atoms with Gasteiger partial charge in [0, 0.05) is 48.4 Å². The minimum atomic E-state index is -4.68. The maximum atomic E-state index is 13.6. The van der Waals surface area contributed by atoms with Crippen LogP contribution in [0.3, 0.4) is 0 Å². The number of hydrogen-bond acceptors (Lipinski definition) is 6. The zero-order valence-corrected chi connectivity index (χ0v) is 30.6. The van der Waals surface area contributed by atoms with Gasteiger partial charge in [-0.3, -0.25) is 9.59 Å². The fraction of sp³-hybridized carbons (Fsp3) is 0.317. The van der Waals surface area contributed by atoms with Crippen molar-refractivity contribution in [1.29, 1.82) is 0 Å². The SMILES string of the molecule is [C-]#[N+]c1ccc(CC(=O)[C@@](C)(O)CN2CCc3cc(F)c(F)cc32)cc1Cl.[C-]#[N+]c1ccc(CC(=O)[C@@](C)(O)CN2CCc3ccccc32)cc1C(F)(F)F. The van der Waals surface area contributed by atoms with E-state index in [1.807, 2.05) is 29.2 Å². The molecule has 0 aromatic heterocycles. The van der Waals surface area contributed by atoms with Gasteiger partial charge in [-0.15, -0.1) is 0 Å². The number of carbonyl (C=O) groups excluding carboxylic acids is 2. The molecule has 0 aliphatic carbocycles. The van der Waals surface area contributed by atoms with Gasteiger partial charge in [-0.05, 0) is 61.1 Å². The number of β-amino-alcohol motifs (C(OH)–C–C–N with tert-alkyl or cyclic N) is 2. The maximum absolute atomic E-state index is 13.6. The van der Waals surface area contributed by atoms with E-state index in [1.165, 1.54) is 32.0 Å². The molecule has 2 heterocycles. The molecule has 8 nitrogen and oxygen atoms in total. The minimum Gasteiger partial charge on any atom is -0.380 e. The van der Waals surface area contributed by atoms with E-state index < -0.39 is 51.8 Å². The van der Waals surface area contributed by atoms with Gasteiger partial charge < -0.3 is 20.0 Å². The second-order valence-corrected chi connectivity index (χ2v) is 14.4. The number of alkyl halides is 3. The van der Waals surface area contributed by atoms with Crippen molar-refractivity contribution >= 4 is 45.9 Å². The van der Waals surface area contributed by atoms with Crippen LogP contribution in [0, 0.1) is 24.8 Å². The Morgan fingerprint density at radius 2 is 1.24 bits per heavy atom. The predicted octanol–water partition coefficient (Wildman–Crippen LogP) is 8.28. The maximum Gasteiger partial charge on any atom is 0.407 e. The van der Waals surface area contributed by atoms with E-state index in [2.05, 4.69) is 9.69 Å². The third-order valence-electron chi connectivity index (χ3n) is 9.64. The zero-order chi connectivity index (χ0) is 40.3. The van der Waals surface area contributed by atoms with E-state index >= 15 is 0 Å². The van der Waals surface area contributed by atoms with Crippen molar-refractivity contribution < 1.29 is 41.8 Å². The number of Topliss-reactive ketones (excluding diaryl/α,β-unsaturated/α-hetero) is 2. The highest BCUT2D eigenvalue weighted by molar-refractivity contribution is 6.33. The molecule has 0 radical (unpaired) electrons. The summed E-state index contributed by atoms with van der Waals surface area (Å²) in [5.74, 6) is -2.86. The molecule has 286 valence electrons. The molecular weight excluding hydrogens is 743 g/mol. The van der Waals surface area contributed by atoms with Gasteiger partial charge in [-0.25, -0.2) is 18.5 Å². The normalized spacial score (nSPS) is 15.4. The van der Waals surface area contributed by atoms with Crippen LogP contribution in [0.5, 0.6) is 0 Å². The number of hydrogen-bond donors (Lipinski definition) is 2. The van der Waals surface area contributed by atoms with Crippen LogP contribution in [0.2, 0.25) is 5.02 Å². The van der Waals surface area contributed by atoms with Crippen LogP contribution in [0.25, 0.3) is 9.69 Å². The lowest BCUT2D eigenvalue weighted by molar-refractivity contribution is -0.137. The predicted molar refractivity (Wildman–Crippen MR) is 199 cm³/mol. The molecule has 2 aliphatic heterocycles. The van der Waals surface area contributed by atoms with Crippen LogP contribution in [0.1, 0.15) is 41.7 Å². The molecule has 2 atom stereocenters. The molecule has 55 heavy (non-hydrogen) atoms. The molecular formula is C41H36ClF5N4O4. The summed E-state index contributed by atoms with van der Waals surface area (Å²) < 4.78 is 66.3. The fourth-order valence-corrected chi connectivity index (χ4v) is 6.87. The number of para-hydroxylation sites is 1. The van der Waals surface area contributed by atoms with Gasteiger partial charge in [0.2, 0.25) is 5.69 Å². The molecule has 2 aliphatic rings. The number of aliphatic hydroxyl groups is 2. The van der Waals surface area contributed by atoms with Crippen LogP contribution in [-0.2, 0) is 41.4 Å². The second-order valence-electron chi connectivity index (χ2n) is 14.0. The first kappa shape index (κ1) is 40.8. The summed E-state index contributed by atoms with van der Waals surface area (Å²) in [7, 11) is 0. The number of rotatable bonds is 10. The molecule has 0 bridgehead atoms. The van der Waals surface area contributed by atoms with E-state index in [9.17, 15) is 41.8 Å². The van der Waals surface area contributed by atoms with Crippen molar-refractivity contribution in [2.24, 2.45) is 0 Å². The Hall–Kier alpha value is -5.34. The van der Waals surface area contributed by atoms with Gasteiger partial charge in [0.05, 0.1) is 31.8 Å². The Bertz CT molecular complexity index is 2210. The number of benzene rings is 4. The van der Waals surface area contributed by atoms with Crippen LogP contribution < -0.4 is 9.80 Å². The molecule has 0 saturated heterocycles. The quantitative estimate of drug-likeness (QED) is 0.125. The number of carbonyl (C=O) groups is 2. The first-order chi connectivity index (χ1) is 25.8. The van der Waals surface area contributed by atoms with Crippen LogP contribution >= 0.6 is 11.6 Å². The average molecular weight is 779 g/mol. The summed E-state index contributed by atoms with van der Waals surface area (Å²) in [4.78, 5) is 35.0. The summed E-state index contributed by atoms with van der Waals surface area (Å²) in [5.41, 5.74) is -0.741. The van der Waals surface area contributed by atoms with Crippen molar-refractivity contribution in [3.8, 4) is 0 Å². The zero-order valence-electron chi connectivity index (χ0n) is 29.9. The molecule has 0 unspecified atom stereocenters. The molecule has 6 rings (SSSR count).